The summed E-state index contributed by atoms with van der Waals surface area (Å²) in [4.78, 5) is 38.8. The van der Waals surface area contributed by atoms with Gasteiger partial charge in [0.05, 0.1) is 42.6 Å². The SMILES string of the molecule is COc1cc(C(=O)Nc2cccc(C(=O)NN=Cc3cc(Br)cc(Br)c3OC(=O)c3ccc(Cl)cc3Cl)c2)cc(OC)c1OC. The Labute approximate surface area is 284 Å². The zero-order valence-corrected chi connectivity index (χ0v) is 28.4. The van der Waals surface area contributed by atoms with Crippen molar-refractivity contribution in [3.63, 3.8) is 0 Å². The van der Waals surface area contributed by atoms with E-state index in [0.29, 0.717) is 42.5 Å². The molecule has 2 N–H and O–H groups in total. The summed E-state index contributed by atoms with van der Waals surface area (Å²) in [5.74, 6) is -0.619. The number of hydrogen-bond acceptors (Lipinski definition) is 8. The number of nitrogens with zero attached hydrogens (tertiary/aromatic N) is 1. The van der Waals surface area contributed by atoms with Crippen LogP contribution in [0.2, 0.25) is 10.0 Å². The molecule has 0 heterocycles. The Balaban J connectivity index is 1.48. The Morgan fingerprint density at radius 3 is 2.16 bits per heavy atom. The molecule has 2 amide bonds. The van der Waals surface area contributed by atoms with Gasteiger partial charge in [-0.1, -0.05) is 45.2 Å². The molecule has 232 valence electrons. The molecule has 4 aromatic rings. The fourth-order valence-corrected chi connectivity index (χ4v) is 5.79. The third-order valence-electron chi connectivity index (χ3n) is 6.06. The first-order chi connectivity index (χ1) is 21.5. The molecular weight excluding hydrogens is 757 g/mol. The van der Waals surface area contributed by atoms with Gasteiger partial charge in [0.2, 0.25) is 5.75 Å². The van der Waals surface area contributed by atoms with Crippen molar-refractivity contribution in [2.24, 2.45) is 5.10 Å². The number of hydrazone groups is 1. The molecular formula is C31H23Br2Cl2N3O7. The van der Waals surface area contributed by atoms with Crippen molar-refractivity contribution >= 4 is 84.7 Å². The highest BCUT2D eigenvalue weighted by atomic mass is 79.9. The van der Waals surface area contributed by atoms with Gasteiger partial charge in [-0.3, -0.25) is 9.59 Å². The molecule has 0 spiro atoms. The number of carbonyl (C=O) groups excluding carboxylic acids is 3. The maximum absolute atomic E-state index is 13.0. The molecule has 0 saturated carbocycles. The van der Waals surface area contributed by atoms with Gasteiger partial charge in [-0.15, -0.1) is 0 Å². The summed E-state index contributed by atoms with van der Waals surface area (Å²) in [5, 5.41) is 7.29. The lowest BCUT2D eigenvalue weighted by Gasteiger charge is -2.14. The lowest BCUT2D eigenvalue weighted by atomic mass is 10.1. The first-order valence-corrected chi connectivity index (χ1v) is 15.1. The van der Waals surface area contributed by atoms with E-state index >= 15 is 0 Å². The van der Waals surface area contributed by atoms with Crippen molar-refractivity contribution in [1.29, 1.82) is 0 Å². The van der Waals surface area contributed by atoms with Crippen LogP contribution in [-0.2, 0) is 0 Å². The number of halogens is 4. The number of rotatable bonds is 10. The lowest BCUT2D eigenvalue weighted by molar-refractivity contribution is 0.0732. The van der Waals surface area contributed by atoms with Gasteiger partial charge in [-0.2, -0.15) is 5.10 Å². The molecule has 0 unspecified atom stereocenters. The Kier molecular flexibility index (Phi) is 11.5. The summed E-state index contributed by atoms with van der Waals surface area (Å²) < 4.78 is 22.6. The lowest BCUT2D eigenvalue weighted by Crippen LogP contribution is -2.18. The molecule has 0 radical (unpaired) electrons. The van der Waals surface area contributed by atoms with Crippen molar-refractivity contribution in [2.75, 3.05) is 26.6 Å². The van der Waals surface area contributed by atoms with Gasteiger partial charge in [-0.05, 0) is 76.6 Å². The van der Waals surface area contributed by atoms with Crippen molar-refractivity contribution < 1.29 is 33.3 Å². The second-order valence-corrected chi connectivity index (χ2v) is 11.6. The summed E-state index contributed by atoms with van der Waals surface area (Å²) in [6, 6.07) is 17.0. The number of benzene rings is 4. The highest BCUT2D eigenvalue weighted by Gasteiger charge is 2.19. The number of ether oxygens (including phenoxy) is 4. The van der Waals surface area contributed by atoms with Crippen LogP contribution >= 0.6 is 55.1 Å². The van der Waals surface area contributed by atoms with E-state index in [-0.39, 0.29) is 27.5 Å². The van der Waals surface area contributed by atoms with E-state index in [9.17, 15) is 14.4 Å². The second kappa shape index (κ2) is 15.3. The predicted molar refractivity (Wildman–Crippen MR) is 179 cm³/mol. The normalized spacial score (nSPS) is 10.7. The van der Waals surface area contributed by atoms with Gasteiger partial charge in [0.15, 0.2) is 17.2 Å². The number of anilines is 1. The average molecular weight is 780 g/mol. The Bertz CT molecular complexity index is 1790. The smallest absolute Gasteiger partial charge is 0.345 e. The van der Waals surface area contributed by atoms with E-state index in [1.54, 1.807) is 30.3 Å². The molecule has 14 heteroatoms. The summed E-state index contributed by atoms with van der Waals surface area (Å²) in [6.07, 6.45) is 1.32. The first kappa shape index (κ1) is 33.8. The number of nitrogens with one attached hydrogen (secondary N) is 2. The number of methoxy groups -OCH3 is 3. The van der Waals surface area contributed by atoms with Crippen LogP contribution in [0.3, 0.4) is 0 Å². The average Bonchev–Trinajstić information content (AvgIpc) is 3.01. The van der Waals surface area contributed by atoms with Crippen molar-refractivity contribution in [3.05, 3.63) is 108 Å². The summed E-state index contributed by atoms with van der Waals surface area (Å²) in [5.41, 5.74) is 3.73. The molecule has 45 heavy (non-hydrogen) atoms. The summed E-state index contributed by atoms with van der Waals surface area (Å²) in [7, 11) is 4.36. The van der Waals surface area contributed by atoms with E-state index in [4.69, 9.17) is 42.1 Å². The monoisotopic (exact) mass is 777 g/mol. The minimum absolute atomic E-state index is 0.115. The fourth-order valence-electron chi connectivity index (χ4n) is 3.97. The van der Waals surface area contributed by atoms with Crippen molar-refractivity contribution in [1.82, 2.24) is 5.43 Å². The minimum atomic E-state index is -0.719. The van der Waals surface area contributed by atoms with E-state index in [1.165, 1.54) is 63.9 Å². The number of amides is 2. The molecule has 0 fully saturated rings. The van der Waals surface area contributed by atoms with Crippen LogP contribution in [0, 0.1) is 0 Å². The highest BCUT2D eigenvalue weighted by Crippen LogP contribution is 2.38. The van der Waals surface area contributed by atoms with Gasteiger partial charge in [0.1, 0.15) is 0 Å². The Morgan fingerprint density at radius 1 is 0.800 bits per heavy atom. The zero-order valence-electron chi connectivity index (χ0n) is 23.7. The third kappa shape index (κ3) is 8.34. The van der Waals surface area contributed by atoms with E-state index in [0.717, 1.165) is 0 Å². The fraction of sp³-hybridized carbons (Fsp3) is 0.0968. The maximum atomic E-state index is 13.0. The van der Waals surface area contributed by atoms with Crippen LogP contribution in [0.1, 0.15) is 36.6 Å². The minimum Gasteiger partial charge on any atom is -0.493 e. The van der Waals surface area contributed by atoms with Crippen molar-refractivity contribution in [3.8, 4) is 23.0 Å². The topological polar surface area (TPSA) is 125 Å². The number of carbonyl (C=O) groups is 3. The van der Waals surface area contributed by atoms with Crippen LogP contribution in [0.15, 0.2) is 80.8 Å². The van der Waals surface area contributed by atoms with E-state index in [2.05, 4.69) is 47.7 Å². The summed E-state index contributed by atoms with van der Waals surface area (Å²) >= 11 is 18.9. The highest BCUT2D eigenvalue weighted by molar-refractivity contribution is 9.11. The molecule has 0 aliphatic heterocycles. The standard InChI is InChI=1S/C31H23Br2Cl2N3O7/c1-42-25-11-17(12-26(43-2)28(25)44-3)29(39)37-21-6-4-5-16(10-21)30(40)38-36-15-18-9-19(32)13-23(33)27(18)45-31(41)22-8-7-20(34)14-24(22)35/h4-15H,1-3H3,(H,37,39)(H,38,40). The molecule has 4 rings (SSSR count). The zero-order chi connectivity index (χ0) is 32.7. The second-order valence-electron chi connectivity index (χ2n) is 8.97. The van der Waals surface area contributed by atoms with Gasteiger partial charge >= 0.3 is 5.97 Å². The van der Waals surface area contributed by atoms with Gasteiger partial charge in [0, 0.05) is 31.9 Å². The summed E-state index contributed by atoms with van der Waals surface area (Å²) in [6.45, 7) is 0. The molecule has 4 aromatic carbocycles. The van der Waals surface area contributed by atoms with Crippen LogP contribution in [0.4, 0.5) is 5.69 Å². The van der Waals surface area contributed by atoms with Crippen molar-refractivity contribution in [2.45, 2.75) is 0 Å². The Morgan fingerprint density at radius 2 is 1.51 bits per heavy atom. The van der Waals surface area contributed by atoms with Gasteiger partial charge in [-0.25, -0.2) is 10.2 Å². The molecule has 0 bridgehead atoms. The molecule has 0 aromatic heterocycles. The predicted octanol–water partition coefficient (Wildman–Crippen LogP) is 7.78. The van der Waals surface area contributed by atoms with Gasteiger partial charge in [0.25, 0.3) is 11.8 Å². The largest absolute Gasteiger partial charge is 0.493 e. The molecule has 0 saturated heterocycles. The molecule has 0 aliphatic rings. The van der Waals surface area contributed by atoms with Crippen LogP contribution in [0.25, 0.3) is 0 Å². The number of hydrogen-bond donors (Lipinski definition) is 2. The Hall–Kier alpha value is -4.10. The van der Waals surface area contributed by atoms with E-state index in [1.807, 2.05) is 0 Å². The van der Waals surface area contributed by atoms with Crippen LogP contribution in [0.5, 0.6) is 23.0 Å². The third-order valence-corrected chi connectivity index (χ3v) is 7.66. The maximum Gasteiger partial charge on any atom is 0.345 e. The number of esters is 1. The van der Waals surface area contributed by atoms with Gasteiger partial charge < -0.3 is 24.3 Å². The molecule has 0 aliphatic carbocycles. The van der Waals surface area contributed by atoms with Crippen LogP contribution in [-0.4, -0.2) is 45.3 Å². The molecule has 0 atom stereocenters. The quantitative estimate of drug-likeness (QED) is 0.0730. The first-order valence-electron chi connectivity index (χ1n) is 12.8. The van der Waals surface area contributed by atoms with E-state index < -0.39 is 17.8 Å². The molecule has 10 nitrogen and oxygen atoms in total. The van der Waals surface area contributed by atoms with Crippen LogP contribution < -0.4 is 29.7 Å².